The van der Waals surface area contributed by atoms with Crippen LogP contribution in [0.25, 0.3) is 0 Å². The molecular weight excluding hydrogens is 369 g/mol. The van der Waals surface area contributed by atoms with Gasteiger partial charge in [-0.3, -0.25) is 0 Å². The Kier molecular flexibility index (Phi) is 4.36. The van der Waals surface area contributed by atoms with Crippen LogP contribution in [-0.4, -0.2) is 8.42 Å². The number of rotatable bonds is 3. The van der Waals surface area contributed by atoms with Crippen LogP contribution in [0, 0.1) is 5.82 Å². The summed E-state index contributed by atoms with van der Waals surface area (Å²) >= 11 is 8.97. The van der Waals surface area contributed by atoms with Crippen molar-refractivity contribution in [3.63, 3.8) is 0 Å². The quantitative estimate of drug-likeness (QED) is 0.827. The largest absolute Gasteiger partial charge is 0.398 e. The molecule has 0 aromatic heterocycles. The van der Waals surface area contributed by atoms with E-state index < -0.39 is 15.7 Å². The zero-order valence-electron chi connectivity index (χ0n) is 10.1. The number of anilines is 1. The predicted molar refractivity (Wildman–Crippen MR) is 80.9 cm³/mol. The molecule has 0 aliphatic rings. The maximum Gasteiger partial charge on any atom is 0.182 e. The molecule has 2 rings (SSSR count). The van der Waals surface area contributed by atoms with E-state index in [4.69, 9.17) is 17.3 Å². The fraction of sp³-hybridized carbons (Fsp3) is 0.0769. The molecule has 0 fully saturated rings. The minimum absolute atomic E-state index is 0.0768. The van der Waals surface area contributed by atoms with Crippen LogP contribution in [-0.2, 0) is 15.6 Å². The third-order valence-corrected chi connectivity index (χ3v) is 5.42. The highest BCUT2D eigenvalue weighted by Gasteiger charge is 2.18. The van der Waals surface area contributed by atoms with Crippen molar-refractivity contribution < 1.29 is 12.8 Å². The molecule has 0 spiro atoms. The Hall–Kier alpha value is -1.11. The molecule has 2 N–H and O–H groups in total. The number of hydrogen-bond donors (Lipinski definition) is 1. The van der Waals surface area contributed by atoms with E-state index in [1.165, 1.54) is 36.4 Å². The minimum Gasteiger partial charge on any atom is -0.398 e. The first-order chi connectivity index (χ1) is 9.29. The van der Waals surface area contributed by atoms with E-state index in [1.54, 1.807) is 0 Å². The molecule has 7 heteroatoms. The van der Waals surface area contributed by atoms with Gasteiger partial charge in [-0.25, -0.2) is 12.8 Å². The van der Waals surface area contributed by atoms with Gasteiger partial charge >= 0.3 is 0 Å². The first-order valence-corrected chi connectivity index (χ1v) is 8.33. The molecule has 0 radical (unpaired) electrons. The van der Waals surface area contributed by atoms with E-state index in [2.05, 4.69) is 15.9 Å². The molecule has 0 atom stereocenters. The number of nitrogens with two attached hydrogens (primary N) is 1. The average Bonchev–Trinajstić information content (AvgIpc) is 2.36. The normalized spacial score (nSPS) is 11.6. The molecule has 2 aromatic carbocycles. The molecule has 0 saturated carbocycles. The van der Waals surface area contributed by atoms with Gasteiger partial charge in [0.2, 0.25) is 0 Å². The van der Waals surface area contributed by atoms with Crippen LogP contribution in [0.1, 0.15) is 5.56 Å². The molecule has 0 aliphatic carbocycles. The van der Waals surface area contributed by atoms with E-state index in [9.17, 15) is 12.8 Å². The van der Waals surface area contributed by atoms with Gasteiger partial charge in [-0.1, -0.05) is 33.6 Å². The van der Waals surface area contributed by atoms with Crippen LogP contribution in [0.2, 0.25) is 5.02 Å². The third kappa shape index (κ3) is 3.31. The summed E-state index contributed by atoms with van der Waals surface area (Å²) in [5, 5.41) is 0.184. The number of halogens is 3. The van der Waals surface area contributed by atoms with Gasteiger partial charge in [-0.05, 0) is 35.9 Å². The van der Waals surface area contributed by atoms with Gasteiger partial charge in [-0.2, -0.15) is 0 Å². The molecule has 20 heavy (non-hydrogen) atoms. The van der Waals surface area contributed by atoms with E-state index >= 15 is 0 Å². The smallest absolute Gasteiger partial charge is 0.182 e. The van der Waals surface area contributed by atoms with Crippen LogP contribution >= 0.6 is 27.5 Å². The molecule has 0 bridgehead atoms. The van der Waals surface area contributed by atoms with Crippen LogP contribution < -0.4 is 5.73 Å². The van der Waals surface area contributed by atoms with Gasteiger partial charge in [0.25, 0.3) is 0 Å². The number of hydrogen-bond acceptors (Lipinski definition) is 3. The number of nitrogen functional groups attached to an aromatic ring is 1. The van der Waals surface area contributed by atoms with Gasteiger partial charge in [0.15, 0.2) is 9.84 Å². The first kappa shape index (κ1) is 15.3. The SMILES string of the molecule is Nc1ccc(S(=O)(=O)Cc2ccc(F)cc2Br)cc1Cl. The summed E-state index contributed by atoms with van der Waals surface area (Å²) in [5.74, 6) is -0.692. The topological polar surface area (TPSA) is 60.2 Å². The van der Waals surface area contributed by atoms with Crippen molar-refractivity contribution in [3.8, 4) is 0 Å². The van der Waals surface area contributed by atoms with Crippen LogP contribution in [0.3, 0.4) is 0 Å². The number of sulfone groups is 1. The second kappa shape index (κ2) is 5.71. The Morgan fingerprint density at radius 3 is 2.50 bits per heavy atom. The van der Waals surface area contributed by atoms with Gasteiger partial charge in [0.05, 0.1) is 21.4 Å². The van der Waals surface area contributed by atoms with Crippen molar-refractivity contribution in [2.45, 2.75) is 10.6 Å². The summed E-state index contributed by atoms with van der Waals surface area (Å²) in [4.78, 5) is 0.0768. The Balaban J connectivity index is 2.38. The van der Waals surface area contributed by atoms with Crippen molar-refractivity contribution in [2.24, 2.45) is 0 Å². The summed E-state index contributed by atoms with van der Waals surface area (Å²) in [5.41, 5.74) is 6.33. The molecule has 0 unspecified atom stereocenters. The second-order valence-corrected chi connectivity index (χ2v) is 7.43. The molecule has 0 heterocycles. The van der Waals surface area contributed by atoms with Crippen molar-refractivity contribution in [2.75, 3.05) is 5.73 Å². The average molecular weight is 379 g/mol. The molecule has 0 amide bonds. The first-order valence-electron chi connectivity index (χ1n) is 5.51. The molecule has 106 valence electrons. The Labute approximate surface area is 129 Å². The number of benzene rings is 2. The zero-order chi connectivity index (χ0) is 14.9. The Morgan fingerprint density at radius 1 is 1.20 bits per heavy atom. The maximum atomic E-state index is 13.0. The zero-order valence-corrected chi connectivity index (χ0v) is 13.3. The van der Waals surface area contributed by atoms with Crippen molar-refractivity contribution in [1.82, 2.24) is 0 Å². The monoisotopic (exact) mass is 377 g/mol. The maximum absolute atomic E-state index is 13.0. The molecule has 3 nitrogen and oxygen atoms in total. The fourth-order valence-corrected chi connectivity index (χ4v) is 3.95. The van der Waals surface area contributed by atoms with Crippen molar-refractivity contribution in [1.29, 1.82) is 0 Å². The van der Waals surface area contributed by atoms with E-state index in [1.807, 2.05) is 0 Å². The Bertz CT molecular complexity index is 765. The lowest BCUT2D eigenvalue weighted by atomic mass is 10.2. The molecule has 2 aromatic rings. The van der Waals surface area contributed by atoms with E-state index in [0.717, 1.165) is 0 Å². The standard InChI is InChI=1S/C13H10BrClFNO2S/c14-11-5-9(16)2-1-8(11)7-20(18,19)10-3-4-13(17)12(15)6-10/h1-6H,7,17H2. The highest BCUT2D eigenvalue weighted by atomic mass is 79.9. The van der Waals surface area contributed by atoms with Crippen molar-refractivity contribution in [3.05, 3.63) is 57.3 Å². The van der Waals surface area contributed by atoms with Gasteiger partial charge in [0, 0.05) is 4.47 Å². The van der Waals surface area contributed by atoms with Crippen molar-refractivity contribution >= 4 is 43.1 Å². The van der Waals surface area contributed by atoms with Crippen LogP contribution in [0.15, 0.2) is 45.8 Å². The van der Waals surface area contributed by atoms with E-state index in [-0.39, 0.29) is 15.7 Å². The second-order valence-electron chi connectivity index (χ2n) is 4.18. The van der Waals surface area contributed by atoms with Crippen LogP contribution in [0.4, 0.5) is 10.1 Å². The van der Waals surface area contributed by atoms with Gasteiger partial charge in [-0.15, -0.1) is 0 Å². The van der Waals surface area contributed by atoms with Crippen LogP contribution in [0.5, 0.6) is 0 Å². The molecular formula is C13H10BrClFNO2S. The lowest BCUT2D eigenvalue weighted by Crippen LogP contribution is -2.06. The Morgan fingerprint density at radius 2 is 1.90 bits per heavy atom. The fourth-order valence-electron chi connectivity index (χ4n) is 1.63. The predicted octanol–water partition coefficient (Wildman–Crippen LogP) is 3.80. The summed E-state index contributed by atoms with van der Waals surface area (Å²) in [7, 11) is -3.58. The third-order valence-electron chi connectivity index (χ3n) is 2.69. The van der Waals surface area contributed by atoms with Gasteiger partial charge < -0.3 is 5.73 Å². The summed E-state index contributed by atoms with van der Waals surface area (Å²) in [6.45, 7) is 0. The lowest BCUT2D eigenvalue weighted by Gasteiger charge is -2.08. The molecule has 0 saturated heterocycles. The lowest BCUT2D eigenvalue weighted by molar-refractivity contribution is 0.594. The summed E-state index contributed by atoms with van der Waals surface area (Å²) in [6.07, 6.45) is 0. The summed E-state index contributed by atoms with van der Waals surface area (Å²) < 4.78 is 38.0. The summed E-state index contributed by atoms with van der Waals surface area (Å²) in [6, 6.07) is 8.01. The van der Waals surface area contributed by atoms with Gasteiger partial charge in [0.1, 0.15) is 5.82 Å². The highest BCUT2D eigenvalue weighted by Crippen LogP contribution is 2.27. The highest BCUT2D eigenvalue weighted by molar-refractivity contribution is 9.10. The molecule has 0 aliphatic heterocycles. The van der Waals surface area contributed by atoms with E-state index in [0.29, 0.717) is 15.7 Å². The minimum atomic E-state index is -3.58.